The van der Waals surface area contributed by atoms with Gasteiger partial charge in [-0.05, 0) is 31.0 Å². The van der Waals surface area contributed by atoms with Crippen LogP contribution in [0.15, 0.2) is 36.8 Å². The highest BCUT2D eigenvalue weighted by molar-refractivity contribution is 5.79. The van der Waals surface area contributed by atoms with E-state index in [1.54, 1.807) is 18.6 Å². The van der Waals surface area contributed by atoms with E-state index in [2.05, 4.69) is 25.2 Å². The van der Waals surface area contributed by atoms with Crippen LogP contribution in [0, 0.1) is 5.92 Å². The first kappa shape index (κ1) is 16.0. The third kappa shape index (κ3) is 3.62. The van der Waals surface area contributed by atoms with Crippen molar-refractivity contribution in [2.75, 3.05) is 18.4 Å². The van der Waals surface area contributed by atoms with Crippen molar-refractivity contribution >= 4 is 11.9 Å². The van der Waals surface area contributed by atoms with Crippen LogP contribution < -0.4 is 5.32 Å². The van der Waals surface area contributed by atoms with Gasteiger partial charge in [-0.3, -0.25) is 9.78 Å². The van der Waals surface area contributed by atoms with Crippen LogP contribution >= 0.6 is 0 Å². The molecule has 4 rings (SSSR count). The Labute approximate surface area is 147 Å². The maximum absolute atomic E-state index is 12.3. The van der Waals surface area contributed by atoms with Crippen LogP contribution in [0.25, 0.3) is 11.3 Å². The fourth-order valence-electron chi connectivity index (χ4n) is 3.87. The van der Waals surface area contributed by atoms with Crippen molar-refractivity contribution in [1.29, 1.82) is 0 Å². The number of carbonyl (C=O) groups is 1. The molecule has 2 fully saturated rings. The Morgan fingerprint density at radius 3 is 2.88 bits per heavy atom. The monoisotopic (exact) mass is 337 g/mol. The van der Waals surface area contributed by atoms with E-state index in [4.69, 9.17) is 0 Å². The summed E-state index contributed by atoms with van der Waals surface area (Å²) in [5.74, 6) is 1.25. The zero-order chi connectivity index (χ0) is 17.1. The number of nitrogens with one attached hydrogen (secondary N) is 1. The van der Waals surface area contributed by atoms with Gasteiger partial charge in [-0.1, -0.05) is 12.8 Å². The largest absolute Gasteiger partial charge is 0.354 e. The molecule has 0 unspecified atom stereocenters. The van der Waals surface area contributed by atoms with E-state index in [1.165, 1.54) is 25.7 Å². The van der Waals surface area contributed by atoms with Crippen molar-refractivity contribution in [3.8, 4) is 11.3 Å². The minimum absolute atomic E-state index is 0.309. The van der Waals surface area contributed by atoms with E-state index in [0.717, 1.165) is 24.3 Å². The maximum atomic E-state index is 12.3. The molecule has 1 aliphatic heterocycles. The quantitative estimate of drug-likeness (QED) is 0.908. The second-order valence-corrected chi connectivity index (χ2v) is 6.94. The Morgan fingerprint density at radius 2 is 2.08 bits per heavy atom. The Balaban J connectivity index is 1.36. The molecule has 1 amide bonds. The Hall–Kier alpha value is -2.50. The molecule has 6 nitrogen and oxygen atoms in total. The summed E-state index contributed by atoms with van der Waals surface area (Å²) in [7, 11) is 0. The molecule has 2 aliphatic rings. The molecule has 2 aromatic rings. The topological polar surface area (TPSA) is 71.0 Å². The second-order valence-electron chi connectivity index (χ2n) is 6.94. The van der Waals surface area contributed by atoms with Crippen molar-refractivity contribution in [3.63, 3.8) is 0 Å². The molecule has 1 aliphatic carbocycles. The smallest absolute Gasteiger partial charge is 0.223 e. The maximum Gasteiger partial charge on any atom is 0.223 e. The zero-order valence-electron chi connectivity index (χ0n) is 14.3. The predicted molar refractivity (Wildman–Crippen MR) is 95.8 cm³/mol. The molecule has 1 atom stereocenters. The predicted octanol–water partition coefficient (Wildman–Crippen LogP) is 2.74. The van der Waals surface area contributed by atoms with Gasteiger partial charge in [-0.2, -0.15) is 0 Å². The van der Waals surface area contributed by atoms with Gasteiger partial charge in [0.25, 0.3) is 0 Å². The molecule has 0 radical (unpaired) electrons. The molecule has 0 bridgehead atoms. The third-order valence-corrected chi connectivity index (χ3v) is 5.17. The number of nitrogens with zero attached hydrogens (tertiary/aromatic N) is 4. The highest BCUT2D eigenvalue weighted by atomic mass is 16.2. The van der Waals surface area contributed by atoms with E-state index in [1.807, 2.05) is 18.2 Å². The molecule has 3 heterocycles. The van der Waals surface area contributed by atoms with E-state index >= 15 is 0 Å². The number of aromatic nitrogens is 3. The van der Waals surface area contributed by atoms with Crippen LogP contribution in [0.3, 0.4) is 0 Å². The number of amides is 1. The second kappa shape index (κ2) is 7.17. The molecule has 1 saturated carbocycles. The van der Waals surface area contributed by atoms with Gasteiger partial charge in [-0.25, -0.2) is 9.97 Å². The number of rotatable bonds is 5. The van der Waals surface area contributed by atoms with Crippen molar-refractivity contribution in [1.82, 2.24) is 19.9 Å². The Morgan fingerprint density at radius 1 is 1.20 bits per heavy atom. The number of likely N-dealkylation sites (tertiary alicyclic amines) is 1. The average molecular weight is 337 g/mol. The lowest BCUT2D eigenvalue weighted by atomic mass is 10.1. The molecule has 1 N–H and O–H groups in total. The fourth-order valence-corrected chi connectivity index (χ4v) is 3.87. The normalized spacial score (nSPS) is 21.0. The van der Waals surface area contributed by atoms with Crippen LogP contribution in [0.5, 0.6) is 0 Å². The highest BCUT2D eigenvalue weighted by Crippen LogP contribution is 2.29. The van der Waals surface area contributed by atoms with Gasteiger partial charge in [0.2, 0.25) is 11.9 Å². The molecule has 6 heteroatoms. The van der Waals surface area contributed by atoms with Crippen molar-refractivity contribution in [2.24, 2.45) is 5.92 Å². The lowest BCUT2D eigenvalue weighted by Crippen LogP contribution is -2.34. The van der Waals surface area contributed by atoms with Crippen molar-refractivity contribution in [3.05, 3.63) is 36.8 Å². The van der Waals surface area contributed by atoms with Gasteiger partial charge in [0, 0.05) is 55.6 Å². The Bertz CT molecular complexity index is 730. The summed E-state index contributed by atoms with van der Waals surface area (Å²) < 4.78 is 0. The number of hydrogen-bond acceptors (Lipinski definition) is 5. The van der Waals surface area contributed by atoms with Gasteiger partial charge in [-0.15, -0.1) is 0 Å². The van der Waals surface area contributed by atoms with Gasteiger partial charge in [0.05, 0.1) is 5.69 Å². The highest BCUT2D eigenvalue weighted by Gasteiger charge is 2.35. The molecule has 0 spiro atoms. The van der Waals surface area contributed by atoms with Crippen molar-refractivity contribution in [2.45, 2.75) is 38.1 Å². The van der Waals surface area contributed by atoms with Crippen LogP contribution in [-0.4, -0.2) is 44.9 Å². The van der Waals surface area contributed by atoms with Crippen LogP contribution in [0.4, 0.5) is 5.95 Å². The number of anilines is 1. The standard InChI is InChI=1S/C19H23N5O/c25-18-10-14(13-24(18)16-5-1-2-6-16)11-22-19-21-9-7-17(23-19)15-4-3-8-20-12-15/h3-4,7-9,12,14,16H,1-2,5-6,10-11,13H2,(H,21,22,23)/t14-/m1/s1. The molecular weight excluding hydrogens is 314 g/mol. The summed E-state index contributed by atoms with van der Waals surface area (Å²) in [5.41, 5.74) is 1.82. The minimum atomic E-state index is 0.309. The number of carbonyl (C=O) groups excluding carboxylic acids is 1. The third-order valence-electron chi connectivity index (χ3n) is 5.17. The van der Waals surface area contributed by atoms with E-state index in [9.17, 15) is 4.79 Å². The molecule has 1 saturated heterocycles. The summed E-state index contributed by atoms with van der Waals surface area (Å²) in [6, 6.07) is 6.23. The summed E-state index contributed by atoms with van der Waals surface area (Å²) >= 11 is 0. The van der Waals surface area contributed by atoms with E-state index < -0.39 is 0 Å². The Kier molecular flexibility index (Phi) is 4.59. The minimum Gasteiger partial charge on any atom is -0.354 e. The molecule has 2 aromatic heterocycles. The SMILES string of the molecule is O=C1C[C@H](CNc2nccc(-c3cccnc3)n2)CN1C1CCCC1. The number of pyridine rings is 1. The van der Waals surface area contributed by atoms with Gasteiger partial charge >= 0.3 is 0 Å². The van der Waals surface area contributed by atoms with Gasteiger partial charge < -0.3 is 10.2 Å². The summed E-state index contributed by atoms with van der Waals surface area (Å²) in [6.45, 7) is 1.59. The molecule has 25 heavy (non-hydrogen) atoms. The molecule has 130 valence electrons. The molecule has 0 aromatic carbocycles. The lowest BCUT2D eigenvalue weighted by Gasteiger charge is -2.24. The zero-order valence-corrected chi connectivity index (χ0v) is 14.3. The number of hydrogen-bond donors (Lipinski definition) is 1. The lowest BCUT2D eigenvalue weighted by molar-refractivity contribution is -0.129. The first-order valence-electron chi connectivity index (χ1n) is 9.06. The molecular formula is C19H23N5O. The first-order valence-corrected chi connectivity index (χ1v) is 9.06. The van der Waals surface area contributed by atoms with Crippen LogP contribution in [0.1, 0.15) is 32.1 Å². The van der Waals surface area contributed by atoms with Crippen LogP contribution in [-0.2, 0) is 4.79 Å². The van der Waals surface area contributed by atoms with Gasteiger partial charge in [0.15, 0.2) is 0 Å². The van der Waals surface area contributed by atoms with E-state index in [-0.39, 0.29) is 0 Å². The van der Waals surface area contributed by atoms with E-state index in [0.29, 0.717) is 30.2 Å². The van der Waals surface area contributed by atoms with Gasteiger partial charge in [0.1, 0.15) is 0 Å². The summed E-state index contributed by atoms with van der Waals surface area (Å²) in [5, 5.41) is 3.31. The first-order chi connectivity index (χ1) is 12.3. The van der Waals surface area contributed by atoms with Crippen molar-refractivity contribution < 1.29 is 4.79 Å². The summed E-state index contributed by atoms with van der Waals surface area (Å²) in [4.78, 5) is 27.4. The summed E-state index contributed by atoms with van der Waals surface area (Å²) in [6.07, 6.45) is 10.8. The average Bonchev–Trinajstić information content (AvgIpc) is 3.30. The van der Waals surface area contributed by atoms with Crippen LogP contribution in [0.2, 0.25) is 0 Å². The fraction of sp³-hybridized carbons (Fsp3) is 0.474.